The normalized spacial score (nSPS) is 32.1. The lowest BCUT2D eigenvalue weighted by Crippen LogP contribution is -2.48. The molecule has 7 atom stereocenters. The number of hydrogen-bond acceptors (Lipinski definition) is 5. The SMILES string of the molecule is Cc1cccc(C2(c3cccc(Br)n3)c3cc4c(cc3Oc3cc5c(cc32)C(C)(C)C(C)(CC2C3CC6CC(C3)c3cc(B7OC(C)(C)C(C)(C)O7)ccc3C2C6)C5(C)C)C(C)(C)C(C)(C)C4(C)C)n1. The first-order valence-electron chi connectivity index (χ1n) is 26.7. The molecule has 2 aliphatic heterocycles. The third-order valence-corrected chi connectivity index (χ3v) is 23.3. The first-order chi connectivity index (χ1) is 32.6. The molecule has 0 amide bonds. The molecule has 2 saturated carbocycles. The van der Waals surface area contributed by atoms with Crippen molar-refractivity contribution < 1.29 is 14.0 Å². The summed E-state index contributed by atoms with van der Waals surface area (Å²) in [5.74, 6) is 5.04. The van der Waals surface area contributed by atoms with E-state index in [-0.39, 0.29) is 50.8 Å². The van der Waals surface area contributed by atoms with Gasteiger partial charge < -0.3 is 14.0 Å². The fourth-order valence-corrected chi connectivity index (χ4v) is 16.7. The summed E-state index contributed by atoms with van der Waals surface area (Å²) in [7, 11) is -0.338. The molecule has 1 saturated heterocycles. The van der Waals surface area contributed by atoms with Crippen LogP contribution >= 0.6 is 15.9 Å². The summed E-state index contributed by atoms with van der Waals surface area (Å²) in [5, 5.41) is 0. The molecule has 70 heavy (non-hydrogen) atoms. The van der Waals surface area contributed by atoms with Crippen molar-refractivity contribution in [1.29, 1.82) is 0 Å². The molecule has 4 heterocycles. The van der Waals surface area contributed by atoms with Gasteiger partial charge in [0.1, 0.15) is 21.5 Å². The summed E-state index contributed by atoms with van der Waals surface area (Å²) in [6, 6.07) is 30.3. The second kappa shape index (κ2) is 14.5. The number of rotatable bonds is 5. The van der Waals surface area contributed by atoms with E-state index in [0.717, 1.165) is 50.2 Å². The Labute approximate surface area is 428 Å². The van der Waals surface area contributed by atoms with E-state index in [1.165, 1.54) is 59.8 Å². The van der Waals surface area contributed by atoms with Crippen molar-refractivity contribution in [3.05, 3.63) is 145 Å². The molecule has 7 heteroatoms. The molecule has 0 spiro atoms. The highest BCUT2D eigenvalue weighted by molar-refractivity contribution is 9.10. The second-order valence-electron chi connectivity index (χ2n) is 27.3. The van der Waals surface area contributed by atoms with Crippen LogP contribution in [-0.4, -0.2) is 28.3 Å². The van der Waals surface area contributed by atoms with E-state index in [2.05, 4.69) is 200 Å². The molecule has 0 radical (unpaired) electrons. The van der Waals surface area contributed by atoms with Crippen LogP contribution in [0.25, 0.3) is 0 Å². The number of nitrogens with zero attached hydrogens (tertiary/aromatic N) is 2. The molecule has 366 valence electrons. The summed E-state index contributed by atoms with van der Waals surface area (Å²) in [5.41, 5.74) is 12.9. The van der Waals surface area contributed by atoms with Crippen molar-refractivity contribution in [2.75, 3.05) is 0 Å². The Bertz CT molecular complexity index is 2990. The van der Waals surface area contributed by atoms with E-state index in [9.17, 15) is 0 Å². The van der Waals surface area contributed by atoms with E-state index in [1.54, 1.807) is 11.1 Å². The number of aromatic nitrogens is 2. The molecule has 2 aromatic heterocycles. The largest absolute Gasteiger partial charge is 0.494 e. The molecule has 5 aromatic rings. The molecule has 6 aliphatic carbocycles. The van der Waals surface area contributed by atoms with Crippen molar-refractivity contribution in [2.24, 2.45) is 28.6 Å². The summed E-state index contributed by atoms with van der Waals surface area (Å²) >= 11 is 3.86. The average molecular weight is 1000 g/mol. The number of halogens is 1. The van der Waals surface area contributed by atoms with E-state index in [1.807, 2.05) is 6.07 Å². The standard InChI is InChI=1S/C63H76BBrN2O3/c1-35-19-17-20-52(66-35)63(53-21-18-22-54(65)67-53)48-30-44-46(56(4,5)59(10,11)55(44,2)3)32-50(48)68-51-33-47-45(31-49(51)63)57(6,7)62(16,58(47,8)9)34-43-38-26-36-25-37(28-38)41-29-39(23-24-40(41)42(43)27-36)64-69-60(12,13)61(14,15)70-64/h17-24,29-33,36-38,42-43H,25-28,34H2,1-16H3. The number of pyridine rings is 2. The van der Waals surface area contributed by atoms with E-state index in [0.29, 0.717) is 23.7 Å². The lowest BCUT2D eigenvalue weighted by atomic mass is 9.50. The molecule has 5 nitrogen and oxygen atoms in total. The van der Waals surface area contributed by atoms with Gasteiger partial charge in [0.15, 0.2) is 0 Å². The number of hydrogen-bond donors (Lipinski definition) is 0. The van der Waals surface area contributed by atoms with Gasteiger partial charge in [-0.25, -0.2) is 4.98 Å². The van der Waals surface area contributed by atoms with Crippen molar-refractivity contribution in [3.8, 4) is 11.5 Å². The average Bonchev–Trinajstić information content (AvgIpc) is 3.53. The Kier molecular flexibility index (Phi) is 9.78. The van der Waals surface area contributed by atoms with Gasteiger partial charge in [-0.1, -0.05) is 106 Å². The van der Waals surface area contributed by atoms with Crippen LogP contribution in [0.3, 0.4) is 0 Å². The monoisotopic (exact) mass is 999 g/mol. The maximum Gasteiger partial charge on any atom is 0.494 e. The van der Waals surface area contributed by atoms with Gasteiger partial charge in [0.2, 0.25) is 0 Å². The maximum atomic E-state index is 7.51. The molecular formula is C63H76BBrN2O3. The fraction of sp³-hybridized carbons (Fsp3) is 0.556. The van der Waals surface area contributed by atoms with Gasteiger partial charge in [0, 0.05) is 16.8 Å². The molecule has 13 rings (SSSR count). The van der Waals surface area contributed by atoms with Crippen LogP contribution in [0.5, 0.6) is 11.5 Å². The Morgan fingerprint density at radius 3 is 1.73 bits per heavy atom. The summed E-state index contributed by atoms with van der Waals surface area (Å²) in [4.78, 5) is 11.0. The van der Waals surface area contributed by atoms with Crippen LogP contribution in [-0.2, 0) is 36.4 Å². The molecule has 0 N–H and O–H groups in total. The Morgan fingerprint density at radius 1 is 0.571 bits per heavy atom. The Balaban J connectivity index is 1.02. The predicted octanol–water partition coefficient (Wildman–Crippen LogP) is 15.2. The first-order valence-corrected chi connectivity index (χ1v) is 27.5. The molecule has 4 bridgehead atoms. The molecule has 3 aromatic carbocycles. The minimum absolute atomic E-state index is 0.0212. The Hall–Kier alpha value is -3.78. The van der Waals surface area contributed by atoms with E-state index < -0.39 is 5.41 Å². The quantitative estimate of drug-likeness (QED) is 0.127. The minimum Gasteiger partial charge on any atom is -0.457 e. The highest BCUT2D eigenvalue weighted by Crippen LogP contribution is 2.71. The van der Waals surface area contributed by atoms with Crippen molar-refractivity contribution >= 4 is 28.5 Å². The summed E-state index contributed by atoms with van der Waals surface area (Å²) < 4.78 is 21.6. The van der Waals surface area contributed by atoms with Gasteiger partial charge in [0.25, 0.3) is 0 Å². The zero-order valence-electron chi connectivity index (χ0n) is 45.0. The van der Waals surface area contributed by atoms with E-state index >= 15 is 0 Å². The highest BCUT2D eigenvalue weighted by Gasteiger charge is 2.64. The van der Waals surface area contributed by atoms with Crippen molar-refractivity contribution in [1.82, 2.24) is 9.97 Å². The van der Waals surface area contributed by atoms with Crippen LogP contribution in [0, 0.1) is 35.5 Å². The maximum absolute atomic E-state index is 7.51. The second-order valence-corrected chi connectivity index (χ2v) is 28.1. The van der Waals surface area contributed by atoms with Crippen LogP contribution in [0.2, 0.25) is 0 Å². The van der Waals surface area contributed by atoms with Crippen LogP contribution < -0.4 is 10.2 Å². The number of aryl methyl sites for hydroxylation is 1. The van der Waals surface area contributed by atoms with Crippen LogP contribution in [0.4, 0.5) is 0 Å². The zero-order chi connectivity index (χ0) is 49.9. The predicted molar refractivity (Wildman–Crippen MR) is 288 cm³/mol. The van der Waals surface area contributed by atoms with Crippen LogP contribution in [0.1, 0.15) is 209 Å². The lowest BCUT2D eigenvalue weighted by molar-refractivity contribution is 0.00578. The summed E-state index contributed by atoms with van der Waals surface area (Å²) in [6.45, 7) is 38.3. The van der Waals surface area contributed by atoms with Crippen molar-refractivity contribution in [2.45, 2.75) is 193 Å². The zero-order valence-corrected chi connectivity index (χ0v) is 46.6. The van der Waals surface area contributed by atoms with Gasteiger partial charge in [-0.3, -0.25) is 4.98 Å². The first kappa shape index (κ1) is 47.2. The number of fused-ring (bicyclic) bond motifs is 4. The molecule has 7 unspecified atom stereocenters. The molecular weight excluding hydrogens is 923 g/mol. The van der Waals surface area contributed by atoms with Gasteiger partial charge >= 0.3 is 7.12 Å². The van der Waals surface area contributed by atoms with Gasteiger partial charge in [0.05, 0.1) is 22.6 Å². The lowest BCUT2D eigenvalue weighted by Gasteiger charge is -2.54. The number of ether oxygens (including phenoxy) is 1. The topological polar surface area (TPSA) is 53.5 Å². The Morgan fingerprint density at radius 2 is 1.13 bits per heavy atom. The van der Waals surface area contributed by atoms with Gasteiger partial charge in [-0.2, -0.15) is 0 Å². The van der Waals surface area contributed by atoms with Crippen molar-refractivity contribution in [3.63, 3.8) is 0 Å². The fourth-order valence-electron chi connectivity index (χ4n) is 16.3. The molecule has 3 fully saturated rings. The van der Waals surface area contributed by atoms with Gasteiger partial charge in [-0.05, 0) is 232 Å². The minimum atomic E-state index is -0.864. The number of benzene rings is 3. The van der Waals surface area contributed by atoms with Crippen LogP contribution in [0.15, 0.2) is 83.5 Å². The third kappa shape index (κ3) is 5.86. The smallest absolute Gasteiger partial charge is 0.457 e. The van der Waals surface area contributed by atoms with E-state index in [4.69, 9.17) is 24.0 Å². The molecule has 8 aliphatic rings. The third-order valence-electron chi connectivity index (χ3n) is 22.9. The highest BCUT2D eigenvalue weighted by atomic mass is 79.9. The summed E-state index contributed by atoms with van der Waals surface area (Å²) in [6.07, 6.45) is 6.42. The van der Waals surface area contributed by atoms with Gasteiger partial charge in [-0.15, -0.1) is 0 Å².